The molecular weight excluding hydrogens is 314 g/mol. The Kier molecular flexibility index (Phi) is 3.73. The lowest BCUT2D eigenvalue weighted by molar-refractivity contribution is -0.159. The van der Waals surface area contributed by atoms with Crippen molar-refractivity contribution < 1.29 is 22.1 Å². The van der Waals surface area contributed by atoms with E-state index in [1.807, 2.05) is 0 Å². The Labute approximate surface area is 127 Å². The van der Waals surface area contributed by atoms with Crippen molar-refractivity contribution in [2.45, 2.75) is 6.18 Å². The minimum Gasteiger partial charge on any atom is -0.355 e. The predicted octanol–water partition coefficient (Wildman–Crippen LogP) is 4.44. The fraction of sp³-hybridized carbons (Fsp3) is 0.0667. The zero-order valence-corrected chi connectivity index (χ0v) is 11.4. The Morgan fingerprint density at radius 3 is 2.65 bits per heavy atom. The average molecular weight is 322 g/mol. The van der Waals surface area contributed by atoms with Crippen LogP contribution in [-0.2, 0) is 6.18 Å². The van der Waals surface area contributed by atoms with Crippen molar-refractivity contribution >= 4 is 11.4 Å². The number of nitrogens with zero attached hydrogens (tertiary/aromatic N) is 2. The third-order valence-electron chi connectivity index (χ3n) is 2.83. The molecule has 1 radical (unpaired) electrons. The molecule has 0 spiro atoms. The normalized spacial score (nSPS) is 11.5. The molecular formula is C15H8F4N3O. The summed E-state index contributed by atoms with van der Waals surface area (Å²) in [7, 11) is 0. The lowest BCUT2D eigenvalue weighted by atomic mass is 10.2. The molecule has 0 bridgehead atoms. The zero-order valence-electron chi connectivity index (χ0n) is 11.4. The van der Waals surface area contributed by atoms with E-state index < -0.39 is 17.9 Å². The lowest BCUT2D eigenvalue weighted by Gasteiger charge is -2.06. The second kappa shape index (κ2) is 5.71. The standard InChI is InChI=1S/C15H8F4N3O/c16-10-4-2-6-12(8-10)20-11-5-1-3-9(7-11)13-21-14(23-22-13)15(17,18)19/h1-4,6-8,20H. The van der Waals surface area contributed by atoms with Crippen molar-refractivity contribution in [1.29, 1.82) is 0 Å². The molecule has 1 N–H and O–H groups in total. The number of halogens is 4. The van der Waals surface area contributed by atoms with Crippen LogP contribution in [0.4, 0.5) is 28.9 Å². The summed E-state index contributed by atoms with van der Waals surface area (Å²) < 4.78 is 54.7. The molecule has 1 aromatic heterocycles. The second-order valence-corrected chi connectivity index (χ2v) is 4.55. The van der Waals surface area contributed by atoms with Gasteiger partial charge in [0, 0.05) is 23.0 Å². The molecule has 0 aliphatic rings. The van der Waals surface area contributed by atoms with Crippen molar-refractivity contribution in [2.75, 3.05) is 5.32 Å². The molecule has 3 rings (SSSR count). The number of anilines is 2. The number of benzene rings is 2. The molecule has 23 heavy (non-hydrogen) atoms. The van der Waals surface area contributed by atoms with Gasteiger partial charge in [-0.2, -0.15) is 18.2 Å². The molecule has 0 aliphatic carbocycles. The first-order valence-electron chi connectivity index (χ1n) is 6.37. The Morgan fingerprint density at radius 2 is 1.96 bits per heavy atom. The maximum absolute atomic E-state index is 13.1. The summed E-state index contributed by atoms with van der Waals surface area (Å²) in [4.78, 5) is 3.31. The summed E-state index contributed by atoms with van der Waals surface area (Å²) >= 11 is 0. The molecule has 0 saturated heterocycles. The topological polar surface area (TPSA) is 51.0 Å². The number of hydrogen-bond acceptors (Lipinski definition) is 4. The van der Waals surface area contributed by atoms with Gasteiger partial charge in [-0.1, -0.05) is 23.4 Å². The van der Waals surface area contributed by atoms with Gasteiger partial charge < -0.3 is 9.84 Å². The van der Waals surface area contributed by atoms with Crippen LogP contribution < -0.4 is 5.32 Å². The van der Waals surface area contributed by atoms with Crippen LogP contribution >= 0.6 is 0 Å². The first-order chi connectivity index (χ1) is 10.9. The summed E-state index contributed by atoms with van der Waals surface area (Å²) in [5.41, 5.74) is 1.20. The molecule has 2 aromatic carbocycles. The van der Waals surface area contributed by atoms with E-state index in [-0.39, 0.29) is 5.82 Å². The molecule has 117 valence electrons. The summed E-state index contributed by atoms with van der Waals surface area (Å²) in [5, 5.41) is 6.20. The third-order valence-corrected chi connectivity index (χ3v) is 2.83. The van der Waals surface area contributed by atoms with Crippen molar-refractivity contribution in [3.8, 4) is 11.4 Å². The molecule has 0 unspecified atom stereocenters. The number of aromatic nitrogens is 2. The fourth-order valence-electron chi connectivity index (χ4n) is 1.86. The Balaban J connectivity index is 1.86. The maximum atomic E-state index is 13.1. The van der Waals surface area contributed by atoms with E-state index in [0.29, 0.717) is 16.9 Å². The van der Waals surface area contributed by atoms with E-state index >= 15 is 0 Å². The molecule has 0 aliphatic heterocycles. The maximum Gasteiger partial charge on any atom is 0.471 e. The lowest BCUT2D eigenvalue weighted by Crippen LogP contribution is -2.04. The predicted molar refractivity (Wildman–Crippen MR) is 73.3 cm³/mol. The van der Waals surface area contributed by atoms with E-state index in [4.69, 9.17) is 0 Å². The van der Waals surface area contributed by atoms with Gasteiger partial charge in [0.15, 0.2) is 0 Å². The van der Waals surface area contributed by atoms with Gasteiger partial charge >= 0.3 is 12.1 Å². The van der Waals surface area contributed by atoms with E-state index in [2.05, 4.69) is 26.0 Å². The molecule has 1 heterocycles. The molecule has 0 fully saturated rings. The third kappa shape index (κ3) is 3.47. The quantitative estimate of drug-likeness (QED) is 0.724. The molecule has 0 amide bonds. The van der Waals surface area contributed by atoms with Crippen molar-refractivity contribution in [3.63, 3.8) is 0 Å². The average Bonchev–Trinajstić information content (AvgIpc) is 2.97. The number of nitrogens with one attached hydrogen (secondary N) is 1. The Morgan fingerprint density at radius 1 is 1.13 bits per heavy atom. The Hall–Kier alpha value is -2.90. The summed E-state index contributed by atoms with van der Waals surface area (Å²) in [6, 6.07) is 13.0. The Bertz CT molecular complexity index is 829. The minimum atomic E-state index is -4.70. The number of rotatable bonds is 3. The molecule has 8 heteroatoms. The second-order valence-electron chi connectivity index (χ2n) is 4.55. The van der Waals surface area contributed by atoms with Gasteiger partial charge in [-0.25, -0.2) is 4.39 Å². The van der Waals surface area contributed by atoms with Gasteiger partial charge in [0.1, 0.15) is 5.82 Å². The first kappa shape index (κ1) is 15.0. The van der Waals surface area contributed by atoms with Crippen LogP contribution in [0.2, 0.25) is 0 Å². The number of alkyl halides is 3. The highest BCUT2D eigenvalue weighted by Crippen LogP contribution is 2.30. The molecule has 4 nitrogen and oxygen atoms in total. The highest BCUT2D eigenvalue weighted by Gasteiger charge is 2.38. The first-order valence-corrected chi connectivity index (χ1v) is 6.37. The van der Waals surface area contributed by atoms with Crippen LogP contribution in [0, 0.1) is 11.9 Å². The van der Waals surface area contributed by atoms with Crippen molar-refractivity contribution in [1.82, 2.24) is 10.1 Å². The highest BCUT2D eigenvalue weighted by atomic mass is 19.4. The fourth-order valence-corrected chi connectivity index (χ4v) is 1.86. The molecule has 3 aromatic rings. The van der Waals surface area contributed by atoms with E-state index in [9.17, 15) is 17.6 Å². The monoisotopic (exact) mass is 322 g/mol. The van der Waals surface area contributed by atoms with Crippen LogP contribution in [0.3, 0.4) is 0 Å². The smallest absolute Gasteiger partial charge is 0.355 e. The van der Waals surface area contributed by atoms with E-state index in [1.54, 1.807) is 6.07 Å². The van der Waals surface area contributed by atoms with E-state index in [0.717, 1.165) is 0 Å². The summed E-state index contributed by atoms with van der Waals surface area (Å²) in [6.07, 6.45) is -4.70. The minimum absolute atomic E-state index is 0.200. The van der Waals surface area contributed by atoms with Gasteiger partial charge in [0.05, 0.1) is 0 Å². The van der Waals surface area contributed by atoms with Gasteiger partial charge in [0.2, 0.25) is 5.82 Å². The van der Waals surface area contributed by atoms with Crippen molar-refractivity contribution in [3.05, 3.63) is 60.2 Å². The van der Waals surface area contributed by atoms with Crippen molar-refractivity contribution in [2.24, 2.45) is 0 Å². The van der Waals surface area contributed by atoms with Crippen LogP contribution in [0.15, 0.2) is 47.0 Å². The van der Waals surface area contributed by atoms with Gasteiger partial charge in [-0.3, -0.25) is 0 Å². The van der Waals surface area contributed by atoms with Crippen LogP contribution in [0.5, 0.6) is 0 Å². The number of hydrogen-bond donors (Lipinski definition) is 1. The van der Waals surface area contributed by atoms with Gasteiger partial charge in [0.25, 0.3) is 0 Å². The SMILES string of the molecule is Fc1cccc(Nc2[c]ccc(-c3noc(C(F)(F)F)n3)c2)c1. The largest absolute Gasteiger partial charge is 0.471 e. The molecule has 0 saturated carbocycles. The van der Waals surface area contributed by atoms with Crippen LogP contribution in [-0.4, -0.2) is 10.1 Å². The summed E-state index contributed by atoms with van der Waals surface area (Å²) in [5.74, 6) is -2.03. The molecule has 0 atom stereocenters. The van der Waals surface area contributed by atoms with Gasteiger partial charge in [-0.05, 0) is 24.3 Å². The summed E-state index contributed by atoms with van der Waals surface area (Å²) in [6.45, 7) is 0. The van der Waals surface area contributed by atoms with Crippen LogP contribution in [0.1, 0.15) is 5.89 Å². The highest BCUT2D eigenvalue weighted by molar-refractivity contribution is 5.66. The zero-order chi connectivity index (χ0) is 16.4. The van der Waals surface area contributed by atoms with E-state index in [1.165, 1.54) is 36.4 Å². The van der Waals surface area contributed by atoms with Gasteiger partial charge in [-0.15, -0.1) is 0 Å². The van der Waals surface area contributed by atoms with Crippen LogP contribution in [0.25, 0.3) is 11.4 Å².